The van der Waals surface area contributed by atoms with E-state index in [2.05, 4.69) is 4.90 Å². The Bertz CT molecular complexity index is 911. The zero-order chi connectivity index (χ0) is 22.3. The molecule has 0 spiro atoms. The topological polar surface area (TPSA) is 53.1 Å². The van der Waals surface area contributed by atoms with Crippen LogP contribution in [0.4, 0.5) is 10.1 Å². The van der Waals surface area contributed by atoms with Crippen LogP contribution >= 0.6 is 0 Å². The van der Waals surface area contributed by atoms with Gasteiger partial charge >= 0.3 is 0 Å². The number of carbonyl (C=O) groups excluding carboxylic acids is 2. The number of carbonyl (C=O) groups is 2. The quantitative estimate of drug-likeness (QED) is 0.715. The highest BCUT2D eigenvalue weighted by Gasteiger charge is 2.21. The molecule has 2 aromatic carbocycles. The SMILES string of the molecule is O=C(COc1ccc(C(=O)N2CCCN(c3ccc(F)cc3)CC2)cc1)N1CCCCC1. The number of rotatable bonds is 5. The number of piperidine rings is 1. The Morgan fingerprint density at radius 3 is 2.16 bits per heavy atom. The second kappa shape index (κ2) is 10.5. The highest BCUT2D eigenvalue weighted by molar-refractivity contribution is 5.94. The van der Waals surface area contributed by atoms with E-state index < -0.39 is 0 Å². The summed E-state index contributed by atoms with van der Waals surface area (Å²) in [6.07, 6.45) is 4.14. The van der Waals surface area contributed by atoms with E-state index in [0.29, 0.717) is 30.9 Å². The van der Waals surface area contributed by atoms with Crippen LogP contribution < -0.4 is 9.64 Å². The molecule has 0 aliphatic carbocycles. The number of nitrogens with zero attached hydrogens (tertiary/aromatic N) is 3. The molecule has 0 radical (unpaired) electrons. The smallest absolute Gasteiger partial charge is 0.260 e. The Balaban J connectivity index is 1.29. The van der Waals surface area contributed by atoms with Crippen LogP contribution in [-0.2, 0) is 4.79 Å². The minimum absolute atomic E-state index is 0.0121. The molecule has 0 N–H and O–H groups in total. The molecule has 2 fully saturated rings. The van der Waals surface area contributed by atoms with Gasteiger partial charge in [0, 0.05) is 50.5 Å². The molecule has 0 unspecified atom stereocenters. The fourth-order valence-corrected chi connectivity index (χ4v) is 4.29. The lowest BCUT2D eigenvalue weighted by Gasteiger charge is -2.26. The molecule has 2 aliphatic heterocycles. The van der Waals surface area contributed by atoms with Gasteiger partial charge in [0.2, 0.25) is 0 Å². The normalized spacial score (nSPS) is 17.1. The summed E-state index contributed by atoms with van der Waals surface area (Å²) in [7, 11) is 0. The van der Waals surface area contributed by atoms with E-state index in [1.807, 2.05) is 9.80 Å². The molecule has 2 aromatic rings. The first-order valence-electron chi connectivity index (χ1n) is 11.4. The Hall–Kier alpha value is -3.09. The van der Waals surface area contributed by atoms with E-state index in [9.17, 15) is 14.0 Å². The third-order valence-corrected chi connectivity index (χ3v) is 6.15. The monoisotopic (exact) mass is 439 g/mol. The fraction of sp³-hybridized carbons (Fsp3) is 0.440. The molecule has 0 aromatic heterocycles. The van der Waals surface area contributed by atoms with Crippen LogP contribution in [0.3, 0.4) is 0 Å². The van der Waals surface area contributed by atoms with Gasteiger partial charge in [0.15, 0.2) is 6.61 Å². The zero-order valence-electron chi connectivity index (χ0n) is 18.3. The molecule has 32 heavy (non-hydrogen) atoms. The van der Waals surface area contributed by atoms with Crippen molar-refractivity contribution in [3.05, 3.63) is 59.9 Å². The summed E-state index contributed by atoms with van der Waals surface area (Å²) >= 11 is 0. The Morgan fingerprint density at radius 1 is 0.750 bits per heavy atom. The summed E-state index contributed by atoms with van der Waals surface area (Å²) in [5, 5.41) is 0. The van der Waals surface area contributed by atoms with Crippen molar-refractivity contribution in [1.82, 2.24) is 9.80 Å². The van der Waals surface area contributed by atoms with Crippen LogP contribution in [0.25, 0.3) is 0 Å². The number of halogens is 1. The van der Waals surface area contributed by atoms with Gasteiger partial charge in [0.1, 0.15) is 11.6 Å². The van der Waals surface area contributed by atoms with Gasteiger partial charge in [0.05, 0.1) is 0 Å². The number of hydrogen-bond donors (Lipinski definition) is 0. The standard InChI is InChI=1S/C25H30FN3O3/c26-21-7-9-22(10-8-21)27-15-4-16-29(18-17-27)25(31)20-5-11-23(12-6-20)32-19-24(30)28-13-2-1-3-14-28/h5-12H,1-4,13-19H2. The van der Waals surface area contributed by atoms with E-state index in [1.165, 1.54) is 18.6 Å². The molecule has 170 valence electrons. The molecule has 0 bridgehead atoms. The summed E-state index contributed by atoms with van der Waals surface area (Å²) in [4.78, 5) is 31.1. The number of anilines is 1. The highest BCUT2D eigenvalue weighted by Crippen LogP contribution is 2.19. The van der Waals surface area contributed by atoms with E-state index >= 15 is 0 Å². The summed E-state index contributed by atoms with van der Waals surface area (Å²) < 4.78 is 18.8. The minimum atomic E-state index is -0.247. The molecule has 2 amide bonds. The van der Waals surface area contributed by atoms with E-state index in [4.69, 9.17) is 4.74 Å². The Labute approximate surface area is 188 Å². The van der Waals surface area contributed by atoms with Crippen molar-refractivity contribution < 1.29 is 18.7 Å². The molecular formula is C25H30FN3O3. The summed E-state index contributed by atoms with van der Waals surface area (Å²) in [5.41, 5.74) is 1.58. The van der Waals surface area contributed by atoms with Crippen LogP contribution in [0, 0.1) is 5.82 Å². The van der Waals surface area contributed by atoms with E-state index in [0.717, 1.165) is 44.6 Å². The third kappa shape index (κ3) is 5.58. The zero-order valence-corrected chi connectivity index (χ0v) is 18.3. The van der Waals surface area contributed by atoms with Crippen LogP contribution in [0.15, 0.2) is 48.5 Å². The summed E-state index contributed by atoms with van der Waals surface area (Å²) in [5.74, 6) is 0.343. The van der Waals surface area contributed by atoms with E-state index in [1.54, 1.807) is 36.4 Å². The molecule has 2 heterocycles. The number of ether oxygens (including phenoxy) is 1. The second-order valence-corrected chi connectivity index (χ2v) is 8.36. The van der Waals surface area contributed by atoms with Gasteiger partial charge in [-0.3, -0.25) is 9.59 Å². The van der Waals surface area contributed by atoms with Crippen molar-refractivity contribution in [2.45, 2.75) is 25.7 Å². The van der Waals surface area contributed by atoms with Crippen molar-refractivity contribution in [2.75, 3.05) is 50.8 Å². The Kier molecular flexibility index (Phi) is 7.24. The van der Waals surface area contributed by atoms with Crippen molar-refractivity contribution >= 4 is 17.5 Å². The number of likely N-dealkylation sites (tertiary alicyclic amines) is 1. The largest absolute Gasteiger partial charge is 0.484 e. The summed E-state index contributed by atoms with van der Waals surface area (Å²) in [6, 6.07) is 13.5. The first-order valence-corrected chi connectivity index (χ1v) is 11.4. The van der Waals surface area contributed by atoms with Crippen molar-refractivity contribution in [1.29, 1.82) is 0 Å². The van der Waals surface area contributed by atoms with Crippen molar-refractivity contribution in [3.63, 3.8) is 0 Å². The van der Waals surface area contributed by atoms with Gasteiger partial charge in [-0.15, -0.1) is 0 Å². The number of amides is 2. The minimum Gasteiger partial charge on any atom is -0.484 e. The van der Waals surface area contributed by atoms with Gasteiger partial charge in [-0.25, -0.2) is 4.39 Å². The first kappa shape index (κ1) is 22.1. The number of hydrogen-bond acceptors (Lipinski definition) is 4. The highest BCUT2D eigenvalue weighted by atomic mass is 19.1. The molecule has 7 heteroatoms. The predicted molar refractivity (Wildman–Crippen MR) is 122 cm³/mol. The lowest BCUT2D eigenvalue weighted by atomic mass is 10.1. The van der Waals surface area contributed by atoms with Crippen molar-refractivity contribution in [2.24, 2.45) is 0 Å². The summed E-state index contributed by atoms with van der Waals surface area (Å²) in [6.45, 7) is 4.47. The first-order chi connectivity index (χ1) is 15.6. The third-order valence-electron chi connectivity index (χ3n) is 6.15. The predicted octanol–water partition coefficient (Wildman–Crippen LogP) is 3.57. The lowest BCUT2D eigenvalue weighted by molar-refractivity contribution is -0.134. The molecule has 0 atom stereocenters. The van der Waals surface area contributed by atoms with Crippen LogP contribution in [0.2, 0.25) is 0 Å². The average molecular weight is 440 g/mol. The van der Waals surface area contributed by atoms with Gasteiger partial charge in [0.25, 0.3) is 11.8 Å². The van der Waals surface area contributed by atoms with Gasteiger partial charge in [-0.2, -0.15) is 0 Å². The van der Waals surface area contributed by atoms with E-state index in [-0.39, 0.29) is 24.2 Å². The molecule has 2 aliphatic rings. The maximum absolute atomic E-state index is 13.2. The maximum Gasteiger partial charge on any atom is 0.260 e. The second-order valence-electron chi connectivity index (χ2n) is 8.36. The van der Waals surface area contributed by atoms with Gasteiger partial charge < -0.3 is 19.4 Å². The van der Waals surface area contributed by atoms with Crippen LogP contribution in [-0.4, -0.2) is 67.5 Å². The maximum atomic E-state index is 13.2. The van der Waals surface area contributed by atoms with Crippen molar-refractivity contribution in [3.8, 4) is 5.75 Å². The van der Waals surface area contributed by atoms with Crippen LogP contribution in [0.5, 0.6) is 5.75 Å². The van der Waals surface area contributed by atoms with Crippen LogP contribution in [0.1, 0.15) is 36.0 Å². The molecular weight excluding hydrogens is 409 g/mol. The number of benzene rings is 2. The fourth-order valence-electron chi connectivity index (χ4n) is 4.29. The molecule has 4 rings (SSSR count). The Morgan fingerprint density at radius 2 is 1.44 bits per heavy atom. The average Bonchev–Trinajstić information content (AvgIpc) is 3.10. The molecule has 6 nitrogen and oxygen atoms in total. The molecule has 2 saturated heterocycles. The van der Waals surface area contributed by atoms with Gasteiger partial charge in [-0.1, -0.05) is 0 Å². The lowest BCUT2D eigenvalue weighted by Crippen LogP contribution is -2.38. The molecule has 0 saturated carbocycles. The van der Waals surface area contributed by atoms with Gasteiger partial charge in [-0.05, 0) is 74.2 Å².